The fraction of sp³-hybridized carbons (Fsp3) is 0.471. The number of benzene rings is 1. The molecule has 1 aromatic rings. The third-order valence-electron chi connectivity index (χ3n) is 4.40. The maximum Gasteiger partial charge on any atom is 0.335 e. The van der Waals surface area contributed by atoms with Gasteiger partial charge in [-0.2, -0.15) is 0 Å². The van der Waals surface area contributed by atoms with Crippen molar-refractivity contribution in [1.82, 2.24) is 14.7 Å². The minimum absolute atomic E-state index is 0.0823. The Morgan fingerprint density at radius 3 is 2.24 bits per heavy atom. The maximum atomic E-state index is 11.9. The Morgan fingerprint density at radius 1 is 1.04 bits per heavy atom. The molecule has 2 aliphatic rings. The van der Waals surface area contributed by atoms with Crippen LogP contribution in [0.1, 0.15) is 5.56 Å². The highest BCUT2D eigenvalue weighted by Gasteiger charge is 2.42. The van der Waals surface area contributed by atoms with E-state index in [9.17, 15) is 14.4 Å². The van der Waals surface area contributed by atoms with Gasteiger partial charge < -0.3 is 9.64 Å². The zero-order chi connectivity index (χ0) is 18.0. The number of hydrogen-bond donors (Lipinski definition) is 0. The molecule has 0 radical (unpaired) electrons. The summed E-state index contributed by atoms with van der Waals surface area (Å²) in [5, 5.41) is 0. The van der Waals surface area contributed by atoms with Crippen LogP contribution in [0.3, 0.4) is 0 Å². The fourth-order valence-electron chi connectivity index (χ4n) is 2.98. The molecule has 134 valence electrons. The molecule has 2 aliphatic heterocycles. The van der Waals surface area contributed by atoms with Crippen LogP contribution in [0, 0.1) is 0 Å². The monoisotopic (exact) mass is 346 g/mol. The van der Waals surface area contributed by atoms with E-state index in [2.05, 4.69) is 17.0 Å². The molecular formula is C17H22N4O4. The number of anilines is 1. The summed E-state index contributed by atoms with van der Waals surface area (Å²) >= 11 is 0. The molecule has 0 saturated carbocycles. The number of carbonyl (C=O) groups excluding carboxylic acids is 3. The lowest BCUT2D eigenvalue weighted by atomic mass is 10.2. The Bertz CT molecular complexity index is 670. The number of urea groups is 1. The summed E-state index contributed by atoms with van der Waals surface area (Å²) in [4.78, 5) is 41.1. The van der Waals surface area contributed by atoms with Crippen molar-refractivity contribution in [2.24, 2.45) is 0 Å². The second kappa shape index (κ2) is 7.20. The van der Waals surface area contributed by atoms with Crippen LogP contribution in [-0.4, -0.2) is 79.6 Å². The van der Waals surface area contributed by atoms with Gasteiger partial charge in [-0.1, -0.05) is 12.1 Å². The summed E-state index contributed by atoms with van der Waals surface area (Å²) in [6.07, 6.45) is 0. The predicted molar refractivity (Wildman–Crippen MR) is 90.8 cm³/mol. The molecule has 0 aromatic heterocycles. The number of imide groups is 2. The first-order chi connectivity index (χ1) is 12.0. The maximum absolute atomic E-state index is 11.9. The largest absolute Gasteiger partial charge is 0.378 e. The average molecular weight is 346 g/mol. The first-order valence-corrected chi connectivity index (χ1v) is 8.21. The second-order valence-electron chi connectivity index (χ2n) is 6.30. The third kappa shape index (κ3) is 3.64. The van der Waals surface area contributed by atoms with Crippen molar-refractivity contribution < 1.29 is 19.1 Å². The van der Waals surface area contributed by atoms with Crippen LogP contribution in [0.15, 0.2) is 24.3 Å². The van der Waals surface area contributed by atoms with Crippen molar-refractivity contribution in [3.63, 3.8) is 0 Å². The van der Waals surface area contributed by atoms with Crippen molar-refractivity contribution in [2.75, 3.05) is 52.0 Å². The van der Waals surface area contributed by atoms with E-state index >= 15 is 0 Å². The van der Waals surface area contributed by atoms with Gasteiger partial charge in [-0.05, 0) is 24.7 Å². The van der Waals surface area contributed by atoms with Gasteiger partial charge in [0, 0.05) is 32.4 Å². The lowest BCUT2D eigenvalue weighted by Crippen LogP contribution is -2.40. The first-order valence-electron chi connectivity index (χ1n) is 8.21. The summed E-state index contributed by atoms with van der Waals surface area (Å²) < 4.78 is 5.36. The van der Waals surface area contributed by atoms with Crippen LogP contribution in [0.5, 0.6) is 0 Å². The fourth-order valence-corrected chi connectivity index (χ4v) is 2.98. The number of hydrogen-bond acceptors (Lipinski definition) is 6. The van der Waals surface area contributed by atoms with Crippen molar-refractivity contribution >= 4 is 23.5 Å². The number of morpholine rings is 1. The van der Waals surface area contributed by atoms with Gasteiger partial charge in [0.05, 0.1) is 19.9 Å². The number of rotatable bonds is 5. The van der Waals surface area contributed by atoms with E-state index in [-0.39, 0.29) is 6.67 Å². The molecule has 0 atom stereocenters. The summed E-state index contributed by atoms with van der Waals surface area (Å²) in [7, 11) is 3.12. The average Bonchev–Trinajstić information content (AvgIpc) is 2.81. The van der Waals surface area contributed by atoms with Gasteiger partial charge in [-0.25, -0.2) is 9.69 Å². The molecule has 2 fully saturated rings. The molecular weight excluding hydrogens is 324 g/mol. The van der Waals surface area contributed by atoms with Crippen molar-refractivity contribution in [2.45, 2.75) is 6.54 Å². The highest BCUT2D eigenvalue weighted by atomic mass is 16.5. The molecule has 0 spiro atoms. The van der Waals surface area contributed by atoms with Crippen LogP contribution >= 0.6 is 0 Å². The second-order valence-corrected chi connectivity index (χ2v) is 6.30. The highest BCUT2D eigenvalue weighted by Crippen LogP contribution is 2.18. The van der Waals surface area contributed by atoms with E-state index < -0.39 is 17.8 Å². The summed E-state index contributed by atoms with van der Waals surface area (Å²) in [5.41, 5.74) is 2.23. The van der Waals surface area contributed by atoms with Crippen LogP contribution < -0.4 is 4.90 Å². The number of amides is 4. The van der Waals surface area contributed by atoms with Crippen molar-refractivity contribution in [1.29, 1.82) is 0 Å². The number of likely N-dealkylation sites (N-methyl/N-ethyl adjacent to an activating group) is 1. The van der Waals surface area contributed by atoms with Crippen molar-refractivity contribution in [3.05, 3.63) is 29.8 Å². The molecule has 0 N–H and O–H groups in total. The molecule has 8 nitrogen and oxygen atoms in total. The minimum atomic E-state index is -0.784. The molecule has 1 aromatic carbocycles. The number of ether oxygens (including phenoxy) is 1. The van der Waals surface area contributed by atoms with Crippen LogP contribution in [0.4, 0.5) is 10.5 Å². The first kappa shape index (κ1) is 17.4. The molecule has 25 heavy (non-hydrogen) atoms. The van der Waals surface area contributed by atoms with Gasteiger partial charge in [0.15, 0.2) is 0 Å². The number of carbonyl (C=O) groups is 3. The van der Waals surface area contributed by atoms with Crippen LogP contribution in [-0.2, 0) is 20.9 Å². The predicted octanol–water partition coefficient (Wildman–Crippen LogP) is 0.333. The summed E-state index contributed by atoms with van der Waals surface area (Å²) in [5.74, 6) is -1.56. The quantitative estimate of drug-likeness (QED) is 0.565. The van der Waals surface area contributed by atoms with Crippen LogP contribution in [0.25, 0.3) is 0 Å². The van der Waals surface area contributed by atoms with Gasteiger partial charge in [0.2, 0.25) is 0 Å². The lowest BCUT2D eigenvalue weighted by molar-refractivity contribution is -0.143. The topological polar surface area (TPSA) is 73.4 Å². The summed E-state index contributed by atoms with van der Waals surface area (Å²) in [6, 6.07) is 7.62. The van der Waals surface area contributed by atoms with Gasteiger partial charge in [0.25, 0.3) is 0 Å². The Balaban J connectivity index is 1.57. The SMILES string of the molecule is CN(Cc1ccc(N2CCOCC2)cc1)CN1C(=O)C(=O)N(C)C1=O. The zero-order valence-corrected chi connectivity index (χ0v) is 14.5. The van der Waals surface area contributed by atoms with Gasteiger partial charge in [-0.3, -0.25) is 19.4 Å². The molecule has 0 bridgehead atoms. The molecule has 4 amide bonds. The van der Waals surface area contributed by atoms with Gasteiger partial charge in [-0.15, -0.1) is 0 Å². The highest BCUT2D eigenvalue weighted by molar-refractivity contribution is 6.44. The van der Waals surface area contributed by atoms with E-state index in [4.69, 9.17) is 4.74 Å². The Kier molecular flexibility index (Phi) is 5.00. The van der Waals surface area contributed by atoms with E-state index in [1.807, 2.05) is 17.0 Å². The van der Waals surface area contributed by atoms with E-state index in [1.54, 1.807) is 7.05 Å². The Morgan fingerprint density at radius 2 is 1.68 bits per heavy atom. The van der Waals surface area contributed by atoms with Gasteiger partial charge in [0.1, 0.15) is 0 Å². The Labute approximate surface area is 146 Å². The molecule has 8 heteroatoms. The van der Waals surface area contributed by atoms with E-state index in [0.29, 0.717) is 6.54 Å². The van der Waals surface area contributed by atoms with Crippen LogP contribution in [0.2, 0.25) is 0 Å². The molecule has 0 aliphatic carbocycles. The normalized spacial score (nSPS) is 18.7. The summed E-state index contributed by atoms with van der Waals surface area (Å²) in [6.45, 7) is 3.92. The third-order valence-corrected chi connectivity index (χ3v) is 4.40. The Hall–Kier alpha value is -2.45. The minimum Gasteiger partial charge on any atom is -0.378 e. The van der Waals surface area contributed by atoms with Crippen molar-refractivity contribution in [3.8, 4) is 0 Å². The number of nitrogens with zero attached hydrogens (tertiary/aromatic N) is 4. The molecule has 2 heterocycles. The molecule has 2 saturated heterocycles. The van der Waals surface area contributed by atoms with E-state index in [0.717, 1.165) is 47.4 Å². The smallest absolute Gasteiger partial charge is 0.335 e. The lowest BCUT2D eigenvalue weighted by Gasteiger charge is -2.29. The van der Waals surface area contributed by atoms with Gasteiger partial charge >= 0.3 is 17.8 Å². The molecule has 0 unspecified atom stereocenters. The molecule has 3 rings (SSSR count). The standard InChI is InChI=1S/C17H22N4O4/c1-18(12-21-16(23)15(22)19(2)17(21)24)11-13-3-5-14(6-4-13)20-7-9-25-10-8-20/h3-6H,7-12H2,1-2H3. The van der Waals surface area contributed by atoms with E-state index in [1.165, 1.54) is 7.05 Å². The zero-order valence-electron chi connectivity index (χ0n) is 14.5.